The van der Waals surface area contributed by atoms with Gasteiger partial charge in [-0.3, -0.25) is 0 Å². The maximum Gasteiger partial charge on any atom is 0.243 e. The van der Waals surface area contributed by atoms with E-state index < -0.39 is 15.6 Å². The number of methoxy groups -OCH3 is 1. The fraction of sp³-hybridized carbons (Fsp3) is 0.571. The zero-order valence-corrected chi connectivity index (χ0v) is 13.4. The molecule has 20 heavy (non-hydrogen) atoms. The lowest BCUT2D eigenvalue weighted by Crippen LogP contribution is -2.49. The summed E-state index contributed by atoms with van der Waals surface area (Å²) in [5.74, 6) is 0.305. The number of nitrogens with zero attached hydrogens (tertiary/aromatic N) is 1. The normalized spacial score (nSPS) is 24.8. The molecule has 2 rings (SSSR count). The van der Waals surface area contributed by atoms with Gasteiger partial charge in [-0.15, -0.1) is 11.6 Å². The molecule has 1 aromatic rings. The van der Waals surface area contributed by atoms with Crippen LogP contribution in [0.3, 0.4) is 0 Å². The van der Waals surface area contributed by atoms with Crippen LogP contribution in [0.15, 0.2) is 29.2 Å². The maximum absolute atomic E-state index is 12.7. The van der Waals surface area contributed by atoms with E-state index in [0.717, 1.165) is 18.4 Å². The van der Waals surface area contributed by atoms with Crippen molar-refractivity contribution in [2.75, 3.05) is 20.2 Å². The number of rotatable bonds is 4. The molecule has 1 aliphatic heterocycles. The molecule has 4 nitrogen and oxygen atoms in total. The smallest absolute Gasteiger partial charge is 0.243 e. The third kappa shape index (κ3) is 3.17. The molecule has 0 bridgehead atoms. The van der Waals surface area contributed by atoms with Crippen molar-refractivity contribution in [2.24, 2.45) is 0 Å². The Morgan fingerprint density at radius 2 is 2.20 bits per heavy atom. The van der Waals surface area contributed by atoms with Crippen LogP contribution in [0.25, 0.3) is 0 Å². The molecule has 1 atom stereocenters. The standard InChI is InChI=1S/C14H20ClNO3S/c1-14(19-2)7-4-8-16(11-14)20(17,18)13-6-3-5-12(9-13)10-15/h3,5-6,9H,4,7-8,10-11H2,1-2H3. The number of benzene rings is 1. The predicted octanol–water partition coefficient (Wildman–Crippen LogP) is 2.62. The molecule has 0 saturated carbocycles. The van der Waals surface area contributed by atoms with E-state index in [-0.39, 0.29) is 0 Å². The highest BCUT2D eigenvalue weighted by Gasteiger charge is 2.37. The fourth-order valence-electron chi connectivity index (χ4n) is 2.47. The minimum Gasteiger partial charge on any atom is -0.377 e. The van der Waals surface area contributed by atoms with E-state index in [1.807, 2.05) is 13.0 Å². The van der Waals surface area contributed by atoms with Gasteiger partial charge in [0.15, 0.2) is 0 Å². The summed E-state index contributed by atoms with van der Waals surface area (Å²) in [4.78, 5) is 0.302. The van der Waals surface area contributed by atoms with Crippen molar-refractivity contribution < 1.29 is 13.2 Å². The Hall–Kier alpha value is -0.620. The van der Waals surface area contributed by atoms with E-state index >= 15 is 0 Å². The van der Waals surface area contributed by atoms with Crippen molar-refractivity contribution in [2.45, 2.75) is 36.1 Å². The Morgan fingerprint density at radius 3 is 2.85 bits per heavy atom. The lowest BCUT2D eigenvalue weighted by molar-refractivity contribution is -0.0319. The second-order valence-electron chi connectivity index (χ2n) is 5.38. The van der Waals surface area contributed by atoms with Gasteiger partial charge in [-0.2, -0.15) is 4.31 Å². The van der Waals surface area contributed by atoms with E-state index in [1.165, 1.54) is 4.31 Å². The molecule has 0 spiro atoms. The molecular formula is C14H20ClNO3S. The summed E-state index contributed by atoms with van der Waals surface area (Å²) in [5.41, 5.74) is 0.398. The summed E-state index contributed by atoms with van der Waals surface area (Å²) in [7, 11) is -1.85. The van der Waals surface area contributed by atoms with Crippen LogP contribution in [0.5, 0.6) is 0 Å². The van der Waals surface area contributed by atoms with Crippen LogP contribution >= 0.6 is 11.6 Å². The van der Waals surface area contributed by atoms with Gasteiger partial charge in [-0.05, 0) is 37.5 Å². The van der Waals surface area contributed by atoms with Gasteiger partial charge >= 0.3 is 0 Å². The first-order valence-corrected chi connectivity index (χ1v) is 8.59. The molecule has 0 aromatic heterocycles. The third-order valence-electron chi connectivity index (χ3n) is 3.81. The summed E-state index contributed by atoms with van der Waals surface area (Å²) >= 11 is 5.77. The lowest BCUT2D eigenvalue weighted by atomic mass is 9.96. The lowest BCUT2D eigenvalue weighted by Gasteiger charge is -2.38. The van der Waals surface area contributed by atoms with Gasteiger partial charge in [-0.1, -0.05) is 12.1 Å². The first-order chi connectivity index (χ1) is 9.41. The van der Waals surface area contributed by atoms with Crippen LogP contribution in [-0.2, 0) is 20.6 Å². The van der Waals surface area contributed by atoms with Crippen LogP contribution < -0.4 is 0 Å². The van der Waals surface area contributed by atoms with Crippen molar-refractivity contribution in [3.63, 3.8) is 0 Å². The zero-order chi connectivity index (χ0) is 14.8. The molecular weight excluding hydrogens is 298 g/mol. The SMILES string of the molecule is COC1(C)CCCN(S(=O)(=O)c2cccc(CCl)c2)C1. The molecule has 1 unspecified atom stereocenters. The Labute approximate surface area is 125 Å². The molecule has 6 heteroatoms. The van der Waals surface area contributed by atoms with Crippen LogP contribution in [0.4, 0.5) is 0 Å². The van der Waals surface area contributed by atoms with E-state index in [1.54, 1.807) is 25.3 Å². The number of hydrogen-bond donors (Lipinski definition) is 0. The molecule has 0 amide bonds. The molecule has 0 aliphatic carbocycles. The largest absolute Gasteiger partial charge is 0.377 e. The summed E-state index contributed by atoms with van der Waals surface area (Å²) in [5, 5.41) is 0. The molecule has 112 valence electrons. The van der Waals surface area contributed by atoms with E-state index in [2.05, 4.69) is 0 Å². The number of alkyl halides is 1. The van der Waals surface area contributed by atoms with Gasteiger partial charge in [0.05, 0.1) is 10.5 Å². The van der Waals surface area contributed by atoms with Crippen LogP contribution in [-0.4, -0.2) is 38.5 Å². The first kappa shape index (κ1) is 15.8. The highest BCUT2D eigenvalue weighted by molar-refractivity contribution is 7.89. The van der Waals surface area contributed by atoms with Gasteiger partial charge in [-0.25, -0.2) is 8.42 Å². The monoisotopic (exact) mass is 317 g/mol. The van der Waals surface area contributed by atoms with Gasteiger partial charge < -0.3 is 4.74 Å². The Bertz CT molecular complexity index is 576. The van der Waals surface area contributed by atoms with Crippen LogP contribution in [0.2, 0.25) is 0 Å². The fourth-order valence-corrected chi connectivity index (χ4v) is 4.30. The molecule has 1 saturated heterocycles. The Morgan fingerprint density at radius 1 is 1.45 bits per heavy atom. The Balaban J connectivity index is 2.30. The quantitative estimate of drug-likeness (QED) is 0.802. The van der Waals surface area contributed by atoms with Crippen molar-refractivity contribution in [3.8, 4) is 0 Å². The molecule has 1 aromatic carbocycles. The number of sulfonamides is 1. The van der Waals surface area contributed by atoms with Gasteiger partial charge in [0, 0.05) is 26.1 Å². The molecule has 1 fully saturated rings. The van der Waals surface area contributed by atoms with Crippen LogP contribution in [0.1, 0.15) is 25.3 Å². The molecule has 1 aliphatic rings. The summed E-state index contributed by atoms with van der Waals surface area (Å²) < 4.78 is 32.3. The van der Waals surface area contributed by atoms with E-state index in [0.29, 0.717) is 23.9 Å². The topological polar surface area (TPSA) is 46.6 Å². The minimum atomic E-state index is -3.48. The number of halogens is 1. The van der Waals surface area contributed by atoms with Crippen molar-refractivity contribution in [3.05, 3.63) is 29.8 Å². The average Bonchev–Trinajstić information content (AvgIpc) is 2.47. The molecule has 0 radical (unpaired) electrons. The minimum absolute atomic E-state index is 0.302. The van der Waals surface area contributed by atoms with E-state index in [4.69, 9.17) is 16.3 Å². The highest BCUT2D eigenvalue weighted by atomic mass is 35.5. The van der Waals surface area contributed by atoms with Gasteiger partial charge in [0.2, 0.25) is 10.0 Å². The maximum atomic E-state index is 12.7. The van der Waals surface area contributed by atoms with Crippen molar-refractivity contribution in [1.82, 2.24) is 4.31 Å². The summed E-state index contributed by atoms with van der Waals surface area (Å²) in [6.45, 7) is 2.87. The second kappa shape index (κ2) is 6.02. The first-order valence-electron chi connectivity index (χ1n) is 6.61. The number of piperidine rings is 1. The van der Waals surface area contributed by atoms with E-state index in [9.17, 15) is 8.42 Å². The third-order valence-corrected chi connectivity index (χ3v) is 5.96. The number of hydrogen-bond acceptors (Lipinski definition) is 3. The van der Waals surface area contributed by atoms with Crippen molar-refractivity contribution in [1.29, 1.82) is 0 Å². The molecule has 0 N–H and O–H groups in total. The summed E-state index contributed by atoms with van der Waals surface area (Å²) in [6, 6.07) is 6.80. The summed E-state index contributed by atoms with van der Waals surface area (Å²) in [6.07, 6.45) is 1.68. The zero-order valence-electron chi connectivity index (χ0n) is 11.8. The molecule has 1 heterocycles. The second-order valence-corrected chi connectivity index (χ2v) is 7.58. The van der Waals surface area contributed by atoms with Crippen molar-refractivity contribution >= 4 is 21.6 Å². The van der Waals surface area contributed by atoms with Gasteiger partial charge in [0.25, 0.3) is 0 Å². The van der Waals surface area contributed by atoms with Gasteiger partial charge in [0.1, 0.15) is 0 Å². The predicted molar refractivity (Wildman–Crippen MR) is 79.4 cm³/mol. The van der Waals surface area contributed by atoms with Crippen LogP contribution in [0, 0.1) is 0 Å². The number of ether oxygens (including phenoxy) is 1. The Kier molecular flexibility index (Phi) is 4.74. The highest BCUT2D eigenvalue weighted by Crippen LogP contribution is 2.28. The average molecular weight is 318 g/mol.